The third-order valence-electron chi connectivity index (χ3n) is 5.30. The van der Waals surface area contributed by atoms with Gasteiger partial charge in [0.1, 0.15) is 23.6 Å². The Bertz CT molecular complexity index is 1530. The van der Waals surface area contributed by atoms with Gasteiger partial charge in [0, 0.05) is 19.2 Å². The molecule has 2 aromatic carbocycles. The van der Waals surface area contributed by atoms with E-state index in [-0.39, 0.29) is 36.5 Å². The van der Waals surface area contributed by atoms with E-state index < -0.39 is 27.9 Å². The Morgan fingerprint density at radius 2 is 2.09 bits per heavy atom. The minimum atomic E-state index is -4.13. The molecule has 12 heteroatoms. The van der Waals surface area contributed by atoms with Crippen LogP contribution in [0.2, 0.25) is 0 Å². The Morgan fingerprint density at radius 3 is 2.85 bits per heavy atom. The molecule has 1 unspecified atom stereocenters. The molecule has 0 saturated carbocycles. The molecular weight excluding hydrogens is 454 g/mol. The van der Waals surface area contributed by atoms with Gasteiger partial charge in [0.15, 0.2) is 11.6 Å². The van der Waals surface area contributed by atoms with Crippen LogP contribution in [0.25, 0.3) is 16.6 Å². The Labute approximate surface area is 187 Å². The quantitative estimate of drug-likeness (QED) is 0.479. The van der Waals surface area contributed by atoms with Gasteiger partial charge in [0.05, 0.1) is 34.6 Å². The SMILES string of the molecule is N#Cc1c(NS(=O)(=O)N2CCC(F)C2)ccc(F)c1Oc1ccc2ncc3ccnn3c2c1. The van der Waals surface area contributed by atoms with Crippen LogP contribution >= 0.6 is 0 Å². The summed E-state index contributed by atoms with van der Waals surface area (Å²) in [6, 6.07) is 10.5. The summed E-state index contributed by atoms with van der Waals surface area (Å²) < 4.78 is 63.8. The second-order valence-corrected chi connectivity index (χ2v) is 9.11. The number of nitrogens with zero attached hydrogens (tertiary/aromatic N) is 5. The fourth-order valence-electron chi connectivity index (χ4n) is 3.67. The van der Waals surface area contributed by atoms with E-state index in [1.54, 1.807) is 47.2 Å². The largest absolute Gasteiger partial charge is 0.453 e. The molecule has 5 rings (SSSR count). The highest BCUT2D eigenvalue weighted by atomic mass is 32.2. The van der Waals surface area contributed by atoms with Crippen LogP contribution in [0.15, 0.2) is 48.8 Å². The first-order chi connectivity index (χ1) is 15.9. The van der Waals surface area contributed by atoms with Crippen LogP contribution in [0, 0.1) is 17.1 Å². The third kappa shape index (κ3) is 3.81. The summed E-state index contributed by atoms with van der Waals surface area (Å²) in [7, 11) is -4.13. The molecule has 1 aliphatic rings. The number of anilines is 1. The van der Waals surface area contributed by atoms with Crippen molar-refractivity contribution in [3.05, 3.63) is 60.2 Å². The summed E-state index contributed by atoms with van der Waals surface area (Å²) in [5.74, 6) is -1.10. The summed E-state index contributed by atoms with van der Waals surface area (Å²) in [4.78, 5) is 4.33. The number of hydrogen-bond acceptors (Lipinski definition) is 6. The molecule has 33 heavy (non-hydrogen) atoms. The lowest BCUT2D eigenvalue weighted by molar-refractivity contribution is 0.343. The molecule has 2 aromatic heterocycles. The van der Waals surface area contributed by atoms with Crippen LogP contribution in [-0.2, 0) is 10.2 Å². The normalized spacial score (nSPS) is 16.8. The molecule has 0 radical (unpaired) electrons. The Morgan fingerprint density at radius 1 is 1.24 bits per heavy atom. The number of hydrogen-bond donors (Lipinski definition) is 1. The Hall–Kier alpha value is -3.82. The number of halogens is 2. The summed E-state index contributed by atoms with van der Waals surface area (Å²) in [5.41, 5.74) is 1.45. The molecule has 3 heterocycles. The van der Waals surface area contributed by atoms with Gasteiger partial charge in [0.2, 0.25) is 0 Å². The molecule has 0 spiro atoms. The van der Waals surface area contributed by atoms with E-state index >= 15 is 0 Å². The van der Waals surface area contributed by atoms with Crippen LogP contribution in [0.3, 0.4) is 0 Å². The fourth-order valence-corrected chi connectivity index (χ4v) is 4.96. The smallest absolute Gasteiger partial charge is 0.301 e. The van der Waals surface area contributed by atoms with Crippen LogP contribution in [0.5, 0.6) is 11.5 Å². The predicted octanol–water partition coefficient (Wildman–Crippen LogP) is 3.39. The number of fused-ring (bicyclic) bond motifs is 3. The molecule has 0 aliphatic carbocycles. The van der Waals surface area contributed by atoms with Crippen LogP contribution < -0.4 is 9.46 Å². The number of rotatable bonds is 5. The second kappa shape index (κ2) is 7.95. The maximum Gasteiger partial charge on any atom is 0.301 e. The van der Waals surface area contributed by atoms with E-state index in [1.807, 2.05) is 0 Å². The number of benzene rings is 2. The fraction of sp³-hybridized carbons (Fsp3) is 0.190. The van der Waals surface area contributed by atoms with Gasteiger partial charge in [-0.1, -0.05) is 0 Å². The summed E-state index contributed by atoms with van der Waals surface area (Å²) in [5, 5.41) is 13.9. The predicted molar refractivity (Wildman–Crippen MR) is 115 cm³/mol. The molecule has 1 N–H and O–H groups in total. The van der Waals surface area contributed by atoms with Crippen LogP contribution in [0.4, 0.5) is 14.5 Å². The van der Waals surface area contributed by atoms with Crippen molar-refractivity contribution in [1.82, 2.24) is 18.9 Å². The molecular formula is C21H16F2N6O3S. The molecule has 4 aromatic rings. The summed E-state index contributed by atoms with van der Waals surface area (Å²) >= 11 is 0. The second-order valence-electron chi connectivity index (χ2n) is 7.44. The zero-order valence-electron chi connectivity index (χ0n) is 16.9. The standard InChI is InChI=1S/C21H16F2N6O3S/c22-13-6-8-28(12-13)33(30,31)27-18-4-2-17(23)21(16(18)10-24)32-15-1-3-19-20(9-15)29-14(11-25-19)5-7-26-29/h1-5,7,9,11,13,27H,6,8,12H2. The molecule has 1 aliphatic heterocycles. The summed E-state index contributed by atoms with van der Waals surface area (Å²) in [6.45, 7) is -0.273. The monoisotopic (exact) mass is 470 g/mol. The maximum atomic E-state index is 14.7. The van der Waals surface area contributed by atoms with Gasteiger partial charge in [0.25, 0.3) is 0 Å². The van der Waals surface area contributed by atoms with Crippen LogP contribution in [-0.4, -0.2) is 46.6 Å². The maximum absolute atomic E-state index is 14.7. The molecule has 9 nitrogen and oxygen atoms in total. The minimum Gasteiger partial charge on any atom is -0.453 e. The molecule has 1 saturated heterocycles. The lowest BCUT2D eigenvalue weighted by atomic mass is 10.1. The number of ether oxygens (including phenoxy) is 1. The van der Waals surface area contributed by atoms with Crippen molar-refractivity contribution in [3.63, 3.8) is 0 Å². The van der Waals surface area contributed by atoms with E-state index in [4.69, 9.17) is 4.74 Å². The highest BCUT2D eigenvalue weighted by molar-refractivity contribution is 7.90. The van der Waals surface area contributed by atoms with E-state index in [1.165, 1.54) is 0 Å². The lowest BCUT2D eigenvalue weighted by Crippen LogP contribution is -2.34. The first-order valence-corrected chi connectivity index (χ1v) is 11.3. The van der Waals surface area contributed by atoms with Gasteiger partial charge in [-0.05, 0) is 36.8 Å². The van der Waals surface area contributed by atoms with Crippen molar-refractivity contribution < 1.29 is 21.9 Å². The minimum absolute atomic E-state index is 0.00988. The van der Waals surface area contributed by atoms with E-state index in [0.29, 0.717) is 11.0 Å². The highest BCUT2D eigenvalue weighted by Gasteiger charge is 2.32. The summed E-state index contributed by atoms with van der Waals surface area (Å²) in [6.07, 6.45) is 2.10. The van der Waals surface area contributed by atoms with Gasteiger partial charge >= 0.3 is 10.2 Å². The molecule has 168 valence electrons. The van der Waals surface area contributed by atoms with E-state index in [0.717, 1.165) is 22.0 Å². The van der Waals surface area contributed by atoms with Crippen LogP contribution in [0.1, 0.15) is 12.0 Å². The van der Waals surface area contributed by atoms with Crippen molar-refractivity contribution in [2.45, 2.75) is 12.6 Å². The topological polar surface area (TPSA) is 113 Å². The number of aromatic nitrogens is 3. The van der Waals surface area contributed by atoms with Crippen molar-refractivity contribution in [1.29, 1.82) is 5.26 Å². The highest BCUT2D eigenvalue weighted by Crippen LogP contribution is 2.35. The zero-order chi connectivity index (χ0) is 23.2. The third-order valence-corrected chi connectivity index (χ3v) is 6.79. The van der Waals surface area contributed by atoms with Crippen molar-refractivity contribution in [3.8, 4) is 17.6 Å². The van der Waals surface area contributed by atoms with Crippen molar-refractivity contribution >= 4 is 32.4 Å². The van der Waals surface area contributed by atoms with Gasteiger partial charge in [-0.3, -0.25) is 9.71 Å². The van der Waals surface area contributed by atoms with E-state index in [9.17, 15) is 22.5 Å². The molecule has 0 amide bonds. The number of nitrogens with one attached hydrogen (secondary N) is 1. The average molecular weight is 470 g/mol. The number of nitriles is 1. The van der Waals surface area contributed by atoms with Gasteiger partial charge in [-0.25, -0.2) is 13.3 Å². The van der Waals surface area contributed by atoms with Crippen molar-refractivity contribution in [2.24, 2.45) is 0 Å². The van der Waals surface area contributed by atoms with Gasteiger partial charge < -0.3 is 4.74 Å². The van der Waals surface area contributed by atoms with E-state index in [2.05, 4.69) is 14.8 Å². The average Bonchev–Trinajstić information content (AvgIpc) is 3.45. The van der Waals surface area contributed by atoms with Gasteiger partial charge in [-0.15, -0.1) is 0 Å². The molecule has 1 fully saturated rings. The first kappa shape index (κ1) is 21.0. The molecule has 0 bridgehead atoms. The molecule has 1 atom stereocenters. The van der Waals surface area contributed by atoms with Gasteiger partial charge in [-0.2, -0.15) is 23.1 Å². The lowest BCUT2D eigenvalue weighted by Gasteiger charge is -2.18. The Balaban J connectivity index is 1.52. The van der Waals surface area contributed by atoms with Crippen molar-refractivity contribution in [2.75, 3.05) is 17.8 Å². The Kier molecular flexibility index (Phi) is 5.07. The first-order valence-electron chi connectivity index (χ1n) is 9.90. The number of alkyl halides is 1. The zero-order valence-corrected chi connectivity index (χ0v) is 17.8.